The zero-order valence-electron chi connectivity index (χ0n) is 15.4. The van der Waals surface area contributed by atoms with E-state index in [9.17, 15) is 9.18 Å². The van der Waals surface area contributed by atoms with Gasteiger partial charge in [-0.3, -0.25) is 19.1 Å². The molecule has 0 aliphatic heterocycles. The second-order valence-electron chi connectivity index (χ2n) is 7.52. The van der Waals surface area contributed by atoms with Crippen LogP contribution in [0.25, 0.3) is 38.4 Å². The van der Waals surface area contributed by atoms with Crippen LogP contribution >= 0.6 is 11.6 Å². The lowest BCUT2D eigenvalue weighted by Crippen LogP contribution is -2.20. The van der Waals surface area contributed by atoms with E-state index in [0.29, 0.717) is 33.5 Å². The van der Waals surface area contributed by atoms with Gasteiger partial charge >= 0.3 is 0 Å². The Kier molecular flexibility index (Phi) is 3.27. The van der Waals surface area contributed by atoms with Gasteiger partial charge in [-0.15, -0.1) is 0 Å². The predicted octanol–water partition coefficient (Wildman–Crippen LogP) is 4.65. The molecule has 0 unspecified atom stereocenters. The van der Waals surface area contributed by atoms with Crippen molar-refractivity contribution in [3.8, 4) is 5.69 Å². The van der Waals surface area contributed by atoms with Gasteiger partial charge in [-0.1, -0.05) is 17.7 Å². The molecule has 8 heteroatoms. The highest BCUT2D eigenvalue weighted by atomic mass is 35.5. The van der Waals surface area contributed by atoms with Gasteiger partial charge in [0.15, 0.2) is 5.52 Å². The van der Waals surface area contributed by atoms with E-state index in [2.05, 4.69) is 15.3 Å². The van der Waals surface area contributed by atoms with Gasteiger partial charge in [-0.2, -0.15) is 10.2 Å². The smallest absolute Gasteiger partial charge is 0.278 e. The molecule has 1 aliphatic rings. The van der Waals surface area contributed by atoms with Crippen LogP contribution in [-0.2, 0) is 0 Å². The van der Waals surface area contributed by atoms with Gasteiger partial charge in [-0.25, -0.2) is 4.39 Å². The summed E-state index contributed by atoms with van der Waals surface area (Å²) in [6.45, 7) is 1.93. The zero-order valence-corrected chi connectivity index (χ0v) is 16.2. The summed E-state index contributed by atoms with van der Waals surface area (Å²) in [6.07, 6.45) is 3.75. The van der Waals surface area contributed by atoms with Crippen molar-refractivity contribution < 1.29 is 4.39 Å². The molecule has 1 N–H and O–H groups in total. The van der Waals surface area contributed by atoms with E-state index in [-0.39, 0.29) is 10.6 Å². The van der Waals surface area contributed by atoms with Crippen LogP contribution in [0.5, 0.6) is 0 Å². The van der Waals surface area contributed by atoms with Gasteiger partial charge < -0.3 is 0 Å². The van der Waals surface area contributed by atoms with E-state index in [1.54, 1.807) is 10.8 Å². The third-order valence-corrected chi connectivity index (χ3v) is 5.99. The minimum Gasteiger partial charge on any atom is -0.278 e. The molecule has 0 atom stereocenters. The molecule has 2 aromatic carbocycles. The molecule has 1 saturated carbocycles. The van der Waals surface area contributed by atoms with Crippen molar-refractivity contribution in [2.45, 2.75) is 25.8 Å². The summed E-state index contributed by atoms with van der Waals surface area (Å²) in [5.41, 5.74) is 2.95. The van der Waals surface area contributed by atoms with E-state index in [4.69, 9.17) is 11.6 Å². The second-order valence-corrected chi connectivity index (χ2v) is 7.92. The largest absolute Gasteiger partial charge is 0.284 e. The van der Waals surface area contributed by atoms with Gasteiger partial charge in [0.25, 0.3) is 5.56 Å². The molecule has 5 aromatic rings. The Balaban J connectivity index is 1.86. The molecule has 0 spiro atoms. The first-order valence-electron chi connectivity index (χ1n) is 9.39. The number of hydrogen-bond acceptors (Lipinski definition) is 3. The third-order valence-electron chi connectivity index (χ3n) is 5.70. The summed E-state index contributed by atoms with van der Waals surface area (Å²) >= 11 is 6.12. The van der Waals surface area contributed by atoms with Gasteiger partial charge in [0.1, 0.15) is 5.82 Å². The van der Waals surface area contributed by atoms with Crippen LogP contribution in [0.1, 0.15) is 24.6 Å². The fourth-order valence-electron chi connectivity index (χ4n) is 4.19. The standard InChI is InChI=1S/C21H15ClFN5O/c1-10-19-12-7-15(23)14(22)8-18(12)27(17-4-2-3-16-13(17)9-24-25-16)21(29)20(19)26-28(10)11-5-6-11/h2-4,7-9,11H,5-6H2,1H3,(H,24,25). The van der Waals surface area contributed by atoms with E-state index in [0.717, 1.165) is 29.4 Å². The topological polar surface area (TPSA) is 68.5 Å². The molecule has 29 heavy (non-hydrogen) atoms. The monoisotopic (exact) mass is 407 g/mol. The number of fused-ring (bicyclic) bond motifs is 4. The first-order valence-corrected chi connectivity index (χ1v) is 9.77. The fraction of sp³-hybridized carbons (Fsp3) is 0.190. The Morgan fingerprint density at radius 1 is 1.24 bits per heavy atom. The van der Waals surface area contributed by atoms with Crippen molar-refractivity contribution in [3.63, 3.8) is 0 Å². The van der Waals surface area contributed by atoms with Crippen LogP contribution < -0.4 is 5.56 Å². The number of nitrogens with zero attached hydrogens (tertiary/aromatic N) is 4. The highest BCUT2D eigenvalue weighted by Crippen LogP contribution is 2.39. The van der Waals surface area contributed by atoms with Crippen molar-refractivity contribution in [3.05, 3.63) is 63.4 Å². The molecule has 0 radical (unpaired) electrons. The molecule has 6 rings (SSSR count). The van der Waals surface area contributed by atoms with Crippen molar-refractivity contribution in [2.75, 3.05) is 0 Å². The van der Waals surface area contributed by atoms with E-state index >= 15 is 0 Å². The lowest BCUT2D eigenvalue weighted by Gasteiger charge is -2.13. The highest BCUT2D eigenvalue weighted by molar-refractivity contribution is 6.31. The quantitative estimate of drug-likeness (QED) is 0.463. The lowest BCUT2D eigenvalue weighted by atomic mass is 10.1. The summed E-state index contributed by atoms with van der Waals surface area (Å²) in [4.78, 5) is 13.6. The summed E-state index contributed by atoms with van der Waals surface area (Å²) in [6, 6.07) is 8.79. The van der Waals surface area contributed by atoms with Crippen LogP contribution in [0.3, 0.4) is 0 Å². The zero-order chi connectivity index (χ0) is 19.9. The number of aromatic amines is 1. The molecule has 0 bridgehead atoms. The Hall–Kier alpha value is -3.19. The predicted molar refractivity (Wildman–Crippen MR) is 110 cm³/mol. The third kappa shape index (κ3) is 2.25. The number of H-pyrrole nitrogens is 1. The minimum atomic E-state index is -0.522. The van der Waals surface area contributed by atoms with E-state index in [1.807, 2.05) is 29.8 Å². The van der Waals surface area contributed by atoms with Gasteiger partial charge in [-0.05, 0) is 44.0 Å². The molecule has 3 heterocycles. The number of aromatic nitrogens is 5. The van der Waals surface area contributed by atoms with Crippen LogP contribution in [-0.4, -0.2) is 24.5 Å². The Morgan fingerprint density at radius 2 is 2.07 bits per heavy atom. The number of aryl methyl sites for hydroxylation is 1. The summed E-state index contributed by atoms with van der Waals surface area (Å²) < 4.78 is 17.9. The summed E-state index contributed by atoms with van der Waals surface area (Å²) in [7, 11) is 0. The lowest BCUT2D eigenvalue weighted by molar-refractivity contribution is 0.629. The maximum absolute atomic E-state index is 14.5. The first-order chi connectivity index (χ1) is 14.0. The number of benzene rings is 2. The molecule has 3 aromatic heterocycles. The molecule has 144 valence electrons. The second kappa shape index (κ2) is 5.67. The molecule has 0 saturated heterocycles. The van der Waals surface area contributed by atoms with Crippen molar-refractivity contribution in [2.24, 2.45) is 0 Å². The number of rotatable bonds is 2. The molecule has 6 nitrogen and oxygen atoms in total. The SMILES string of the molecule is Cc1c2c(nn1C1CC1)c(=O)n(-c1cccc3[nH]ncc13)c1cc(Cl)c(F)cc21. The number of nitrogens with one attached hydrogen (secondary N) is 1. The van der Waals surface area contributed by atoms with Gasteiger partial charge in [0.05, 0.1) is 34.0 Å². The van der Waals surface area contributed by atoms with Crippen LogP contribution in [0, 0.1) is 12.7 Å². The average Bonchev–Trinajstić information content (AvgIpc) is 3.31. The molecular weight excluding hydrogens is 393 g/mol. The minimum absolute atomic E-state index is 0.0309. The van der Waals surface area contributed by atoms with Crippen molar-refractivity contribution in [1.82, 2.24) is 24.5 Å². The van der Waals surface area contributed by atoms with Crippen LogP contribution in [0.4, 0.5) is 4.39 Å². The molecule has 0 amide bonds. The van der Waals surface area contributed by atoms with Crippen molar-refractivity contribution in [1.29, 1.82) is 0 Å². The highest BCUT2D eigenvalue weighted by Gasteiger charge is 2.29. The Bertz CT molecular complexity index is 1530. The summed E-state index contributed by atoms with van der Waals surface area (Å²) in [5, 5.41) is 13.7. The van der Waals surface area contributed by atoms with Crippen molar-refractivity contribution >= 4 is 44.3 Å². The molecular formula is C21H15ClFN5O. The Morgan fingerprint density at radius 3 is 2.86 bits per heavy atom. The van der Waals surface area contributed by atoms with Gasteiger partial charge in [0, 0.05) is 21.9 Å². The normalized spacial score (nSPS) is 14.4. The van der Waals surface area contributed by atoms with Crippen LogP contribution in [0.15, 0.2) is 41.3 Å². The maximum Gasteiger partial charge on any atom is 0.284 e. The van der Waals surface area contributed by atoms with E-state index in [1.165, 1.54) is 12.1 Å². The fourth-order valence-corrected chi connectivity index (χ4v) is 4.35. The maximum atomic E-state index is 14.5. The number of hydrogen-bond donors (Lipinski definition) is 1. The first kappa shape index (κ1) is 16.7. The number of halogens is 2. The molecule has 1 fully saturated rings. The number of pyridine rings is 1. The van der Waals surface area contributed by atoms with E-state index < -0.39 is 5.82 Å². The molecule has 1 aliphatic carbocycles. The van der Waals surface area contributed by atoms with Crippen LogP contribution in [0.2, 0.25) is 5.02 Å². The van der Waals surface area contributed by atoms with Gasteiger partial charge in [0.2, 0.25) is 0 Å². The summed E-state index contributed by atoms with van der Waals surface area (Å²) in [5.74, 6) is -0.522. The average molecular weight is 408 g/mol. The Labute approximate surface area is 168 Å².